The highest BCUT2D eigenvalue weighted by Crippen LogP contribution is 2.39. The van der Waals surface area contributed by atoms with Gasteiger partial charge >= 0.3 is 6.03 Å². The van der Waals surface area contributed by atoms with E-state index in [-0.39, 0.29) is 11.6 Å². The van der Waals surface area contributed by atoms with E-state index in [9.17, 15) is 4.79 Å². The number of nitrogens with zero attached hydrogens (tertiary/aromatic N) is 3. The molecule has 5 heteroatoms. The number of carbonyl (C=O) groups excluding carboxylic acids is 1. The molecule has 1 aliphatic carbocycles. The summed E-state index contributed by atoms with van der Waals surface area (Å²) < 4.78 is 0. The van der Waals surface area contributed by atoms with Gasteiger partial charge in [-0.15, -0.1) is 0 Å². The van der Waals surface area contributed by atoms with Crippen LogP contribution in [0.2, 0.25) is 0 Å². The summed E-state index contributed by atoms with van der Waals surface area (Å²) in [5.41, 5.74) is 2.03. The molecule has 5 nitrogen and oxygen atoms in total. The molecular weight excluding hydrogens is 372 g/mol. The van der Waals surface area contributed by atoms with Crippen molar-refractivity contribution in [3.8, 4) is 0 Å². The number of benzene rings is 1. The topological polar surface area (TPSA) is 47.9 Å². The second kappa shape index (κ2) is 8.93. The number of amidine groups is 1. The number of urea groups is 1. The summed E-state index contributed by atoms with van der Waals surface area (Å²) in [7, 11) is 0. The first-order valence-corrected chi connectivity index (χ1v) is 11.6. The zero-order chi connectivity index (χ0) is 21.1. The smallest absolute Gasteiger partial charge is 0.346 e. The van der Waals surface area contributed by atoms with Gasteiger partial charge in [-0.1, -0.05) is 61.7 Å². The van der Waals surface area contributed by atoms with Crippen molar-refractivity contribution >= 4 is 11.9 Å². The van der Waals surface area contributed by atoms with Crippen molar-refractivity contribution in [3.05, 3.63) is 48.0 Å². The lowest BCUT2D eigenvalue weighted by Crippen LogP contribution is -2.63. The average molecular weight is 409 g/mol. The SMILES string of the molecule is C=C(C)CN1C(=O)N=C(NC2CCCCC2)C12CCN(Cc1ccccc1)C(C)C2. The van der Waals surface area contributed by atoms with E-state index in [0.29, 0.717) is 18.6 Å². The van der Waals surface area contributed by atoms with E-state index in [4.69, 9.17) is 0 Å². The molecular formula is C25H36N4O. The van der Waals surface area contributed by atoms with Crippen LogP contribution in [0.1, 0.15) is 64.4 Å². The second-order valence-corrected chi connectivity index (χ2v) is 9.56. The van der Waals surface area contributed by atoms with E-state index < -0.39 is 0 Å². The van der Waals surface area contributed by atoms with E-state index in [1.54, 1.807) is 0 Å². The predicted octanol–water partition coefficient (Wildman–Crippen LogP) is 4.74. The van der Waals surface area contributed by atoms with Crippen molar-refractivity contribution in [2.24, 2.45) is 4.99 Å². The molecule has 162 valence electrons. The Bertz CT molecular complexity index is 799. The third-order valence-corrected chi connectivity index (χ3v) is 7.07. The Morgan fingerprint density at radius 1 is 1.23 bits per heavy atom. The maximum absolute atomic E-state index is 13.0. The molecule has 0 bridgehead atoms. The van der Waals surface area contributed by atoms with Crippen LogP contribution in [0, 0.1) is 0 Å². The third kappa shape index (κ3) is 4.31. The van der Waals surface area contributed by atoms with Crippen LogP contribution in [0.25, 0.3) is 0 Å². The molecule has 1 aromatic carbocycles. The Hall–Kier alpha value is -2.14. The first-order valence-electron chi connectivity index (χ1n) is 11.6. The molecule has 2 fully saturated rings. The fourth-order valence-electron chi connectivity index (χ4n) is 5.45. The minimum atomic E-state index is -0.319. The summed E-state index contributed by atoms with van der Waals surface area (Å²) >= 11 is 0. The molecule has 1 saturated carbocycles. The fourth-order valence-corrected chi connectivity index (χ4v) is 5.45. The van der Waals surface area contributed by atoms with Crippen molar-refractivity contribution in [3.63, 3.8) is 0 Å². The molecule has 2 heterocycles. The van der Waals surface area contributed by atoms with E-state index in [1.807, 2.05) is 11.8 Å². The minimum absolute atomic E-state index is 0.0972. The predicted molar refractivity (Wildman–Crippen MR) is 123 cm³/mol. The van der Waals surface area contributed by atoms with Crippen molar-refractivity contribution in [2.45, 2.75) is 83.0 Å². The van der Waals surface area contributed by atoms with Crippen LogP contribution in [0.3, 0.4) is 0 Å². The first-order chi connectivity index (χ1) is 14.5. The highest BCUT2D eigenvalue weighted by atomic mass is 16.2. The summed E-state index contributed by atoms with van der Waals surface area (Å²) in [6, 6.07) is 11.4. The van der Waals surface area contributed by atoms with E-state index in [2.05, 4.69) is 59.0 Å². The zero-order valence-corrected chi connectivity index (χ0v) is 18.6. The van der Waals surface area contributed by atoms with E-state index in [1.165, 1.54) is 37.7 Å². The largest absolute Gasteiger partial charge is 0.369 e. The Labute approximate surface area is 181 Å². The summed E-state index contributed by atoms with van der Waals surface area (Å²) in [4.78, 5) is 22.1. The van der Waals surface area contributed by atoms with E-state index >= 15 is 0 Å². The van der Waals surface area contributed by atoms with Crippen molar-refractivity contribution in [1.29, 1.82) is 0 Å². The molecule has 1 aromatic rings. The Morgan fingerprint density at radius 3 is 2.63 bits per heavy atom. The number of hydrogen-bond donors (Lipinski definition) is 1. The van der Waals surface area contributed by atoms with Gasteiger partial charge in [0.1, 0.15) is 11.4 Å². The monoisotopic (exact) mass is 408 g/mol. The maximum atomic E-state index is 13.0. The number of aliphatic imine (C=N–C) groups is 1. The molecule has 30 heavy (non-hydrogen) atoms. The normalized spacial score (nSPS) is 28.1. The molecule has 0 aromatic heterocycles. The van der Waals surface area contributed by atoms with Gasteiger partial charge in [0.25, 0.3) is 0 Å². The van der Waals surface area contributed by atoms with Gasteiger partial charge in [0.05, 0.1) is 0 Å². The number of hydrogen-bond acceptors (Lipinski definition) is 3. The van der Waals surface area contributed by atoms with Crippen LogP contribution in [0.4, 0.5) is 4.79 Å². The number of rotatable bonds is 5. The molecule has 1 spiro atoms. The summed E-state index contributed by atoms with van der Waals surface area (Å²) in [5, 5.41) is 3.74. The van der Waals surface area contributed by atoms with Crippen LogP contribution in [0.15, 0.2) is 47.5 Å². The number of piperidine rings is 1. The molecule has 2 unspecified atom stereocenters. The number of carbonyl (C=O) groups is 1. The molecule has 2 atom stereocenters. The van der Waals surface area contributed by atoms with Gasteiger partial charge < -0.3 is 10.2 Å². The highest BCUT2D eigenvalue weighted by molar-refractivity contribution is 6.07. The van der Waals surface area contributed by atoms with Gasteiger partial charge in [0, 0.05) is 31.7 Å². The van der Waals surface area contributed by atoms with Gasteiger partial charge in [-0.2, -0.15) is 4.99 Å². The van der Waals surface area contributed by atoms with Crippen LogP contribution in [0.5, 0.6) is 0 Å². The van der Waals surface area contributed by atoms with Gasteiger partial charge in [-0.25, -0.2) is 4.79 Å². The highest BCUT2D eigenvalue weighted by Gasteiger charge is 2.52. The first kappa shape index (κ1) is 21.1. The van der Waals surface area contributed by atoms with Crippen LogP contribution in [-0.4, -0.2) is 52.4 Å². The van der Waals surface area contributed by atoms with Crippen LogP contribution in [-0.2, 0) is 6.54 Å². The van der Waals surface area contributed by atoms with Crippen molar-refractivity contribution < 1.29 is 4.79 Å². The molecule has 1 N–H and O–H groups in total. The van der Waals surface area contributed by atoms with Crippen molar-refractivity contribution in [2.75, 3.05) is 13.1 Å². The summed E-state index contributed by atoms with van der Waals surface area (Å²) in [6.07, 6.45) is 8.05. The molecule has 2 amide bonds. The number of nitrogens with one attached hydrogen (secondary N) is 1. The Kier molecular flexibility index (Phi) is 6.28. The minimum Gasteiger partial charge on any atom is -0.369 e. The van der Waals surface area contributed by atoms with Gasteiger partial charge in [0.15, 0.2) is 0 Å². The summed E-state index contributed by atoms with van der Waals surface area (Å²) in [6.45, 7) is 10.9. The zero-order valence-electron chi connectivity index (χ0n) is 18.6. The van der Waals surface area contributed by atoms with Gasteiger partial charge in [0.2, 0.25) is 0 Å². The summed E-state index contributed by atoms with van der Waals surface area (Å²) in [5.74, 6) is 0.923. The number of amides is 2. The lowest BCUT2D eigenvalue weighted by Gasteiger charge is -2.49. The Morgan fingerprint density at radius 2 is 1.97 bits per heavy atom. The standard InChI is InChI=1S/C25H36N4O/c1-19(2)17-29-24(30)27-23(26-22-12-8-5-9-13-22)25(29)14-15-28(20(3)16-25)18-21-10-6-4-7-11-21/h4,6-7,10-11,20,22H,1,5,8-9,12-18H2,2-3H3,(H,26,27,30). The lowest BCUT2D eigenvalue weighted by atomic mass is 9.80. The quantitative estimate of drug-likeness (QED) is 0.716. The molecule has 1 saturated heterocycles. The van der Waals surface area contributed by atoms with Crippen LogP contribution < -0.4 is 5.32 Å². The molecule has 3 aliphatic rings. The van der Waals surface area contributed by atoms with Gasteiger partial charge in [-0.05, 0) is 45.1 Å². The fraction of sp³-hybridized carbons (Fsp3) is 0.600. The molecule has 0 radical (unpaired) electrons. The molecule has 2 aliphatic heterocycles. The number of likely N-dealkylation sites (tertiary alicyclic amines) is 1. The van der Waals surface area contributed by atoms with Gasteiger partial charge in [-0.3, -0.25) is 4.90 Å². The third-order valence-electron chi connectivity index (χ3n) is 7.07. The second-order valence-electron chi connectivity index (χ2n) is 9.56. The molecule has 4 rings (SSSR count). The maximum Gasteiger partial charge on any atom is 0.346 e. The van der Waals surface area contributed by atoms with E-state index in [0.717, 1.165) is 37.3 Å². The van der Waals surface area contributed by atoms with Crippen molar-refractivity contribution in [1.82, 2.24) is 15.1 Å². The van der Waals surface area contributed by atoms with Crippen LogP contribution >= 0.6 is 0 Å². The average Bonchev–Trinajstić information content (AvgIpc) is 2.96. The Balaban J connectivity index is 1.54. The lowest BCUT2D eigenvalue weighted by molar-refractivity contribution is 0.0630.